The third kappa shape index (κ3) is 1.38. The second-order valence-electron chi connectivity index (χ2n) is 3.32. The number of H-pyrrole nitrogens is 1. The lowest BCUT2D eigenvalue weighted by Crippen LogP contribution is -1.92. The predicted octanol–water partition coefficient (Wildman–Crippen LogP) is 3.02. The Balaban J connectivity index is 2.82. The molecule has 0 aliphatic rings. The monoisotopic (exact) mass is 209 g/mol. The van der Waals surface area contributed by atoms with Gasteiger partial charge in [0.1, 0.15) is 11.9 Å². The lowest BCUT2D eigenvalue weighted by molar-refractivity contribution is 0.107. The fourth-order valence-electron chi connectivity index (χ4n) is 1.58. The van der Waals surface area contributed by atoms with Crippen molar-refractivity contribution in [3.63, 3.8) is 0 Å². The van der Waals surface area contributed by atoms with Crippen LogP contribution in [0.15, 0.2) is 12.1 Å². The first-order valence-electron chi connectivity index (χ1n) is 4.40. The van der Waals surface area contributed by atoms with Crippen LogP contribution in [0.5, 0.6) is 0 Å². The van der Waals surface area contributed by atoms with Crippen molar-refractivity contribution in [3.05, 3.63) is 28.5 Å². The molecule has 0 bridgehead atoms. The molecule has 1 aromatic heterocycles. The van der Waals surface area contributed by atoms with E-state index in [0.29, 0.717) is 16.1 Å². The Kier molecular flexibility index (Phi) is 2.21. The highest BCUT2D eigenvalue weighted by molar-refractivity contribution is 6.32. The molecule has 0 aliphatic carbocycles. The molecule has 2 aromatic rings. The SMILES string of the molecule is Cc1nc2c(C(C)[O])c(Cl)ccc2[nH]1. The Labute approximate surface area is 86.7 Å². The van der Waals surface area contributed by atoms with Gasteiger partial charge < -0.3 is 4.98 Å². The first-order chi connectivity index (χ1) is 6.59. The van der Waals surface area contributed by atoms with E-state index in [1.807, 2.05) is 13.0 Å². The zero-order valence-electron chi connectivity index (χ0n) is 7.97. The lowest BCUT2D eigenvalue weighted by Gasteiger charge is -2.05. The van der Waals surface area contributed by atoms with Gasteiger partial charge in [0.25, 0.3) is 0 Å². The molecule has 0 aliphatic heterocycles. The van der Waals surface area contributed by atoms with Crippen molar-refractivity contribution in [2.75, 3.05) is 0 Å². The summed E-state index contributed by atoms with van der Waals surface area (Å²) in [6, 6.07) is 3.56. The van der Waals surface area contributed by atoms with E-state index < -0.39 is 6.10 Å². The second-order valence-corrected chi connectivity index (χ2v) is 3.73. The summed E-state index contributed by atoms with van der Waals surface area (Å²) in [6.45, 7) is 3.43. The minimum absolute atomic E-state index is 0.492. The second kappa shape index (κ2) is 3.26. The number of hydrogen-bond donors (Lipinski definition) is 1. The van der Waals surface area contributed by atoms with Gasteiger partial charge in [-0.05, 0) is 26.0 Å². The maximum Gasteiger partial charge on any atom is 0.119 e. The molecule has 1 atom stereocenters. The van der Waals surface area contributed by atoms with E-state index in [-0.39, 0.29) is 0 Å². The van der Waals surface area contributed by atoms with Gasteiger partial charge in [-0.15, -0.1) is 0 Å². The number of hydrogen-bond acceptors (Lipinski definition) is 1. The number of nitrogens with one attached hydrogen (secondary N) is 1. The molecule has 1 aromatic carbocycles. The highest BCUT2D eigenvalue weighted by Crippen LogP contribution is 2.29. The van der Waals surface area contributed by atoms with E-state index in [1.165, 1.54) is 0 Å². The van der Waals surface area contributed by atoms with Crippen molar-refractivity contribution >= 4 is 22.6 Å². The highest BCUT2D eigenvalue weighted by Gasteiger charge is 2.14. The Morgan fingerprint density at radius 3 is 2.86 bits per heavy atom. The highest BCUT2D eigenvalue weighted by atomic mass is 35.5. The van der Waals surface area contributed by atoms with Crippen LogP contribution in [0.3, 0.4) is 0 Å². The summed E-state index contributed by atoms with van der Waals surface area (Å²) >= 11 is 5.95. The minimum atomic E-state index is -0.853. The fraction of sp³-hybridized carbons (Fsp3) is 0.300. The summed E-state index contributed by atoms with van der Waals surface area (Å²) in [6.07, 6.45) is -0.853. The topological polar surface area (TPSA) is 48.6 Å². The molecule has 1 unspecified atom stereocenters. The molecule has 73 valence electrons. The number of aromatic amines is 1. The van der Waals surface area contributed by atoms with Gasteiger partial charge in [-0.1, -0.05) is 11.6 Å². The van der Waals surface area contributed by atoms with E-state index in [4.69, 9.17) is 11.6 Å². The van der Waals surface area contributed by atoms with E-state index in [9.17, 15) is 5.11 Å². The van der Waals surface area contributed by atoms with Crippen LogP contribution < -0.4 is 0 Å². The van der Waals surface area contributed by atoms with E-state index in [0.717, 1.165) is 11.3 Å². The van der Waals surface area contributed by atoms with Crippen molar-refractivity contribution < 1.29 is 5.11 Å². The van der Waals surface area contributed by atoms with Crippen LogP contribution >= 0.6 is 11.6 Å². The van der Waals surface area contributed by atoms with Crippen molar-refractivity contribution in [3.8, 4) is 0 Å². The van der Waals surface area contributed by atoms with Gasteiger partial charge in [0.2, 0.25) is 0 Å². The summed E-state index contributed by atoms with van der Waals surface area (Å²) in [5.74, 6) is 0.796. The van der Waals surface area contributed by atoms with Crippen LogP contribution in [0.4, 0.5) is 0 Å². The molecule has 0 spiro atoms. The van der Waals surface area contributed by atoms with E-state index in [1.54, 1.807) is 13.0 Å². The van der Waals surface area contributed by atoms with Gasteiger partial charge in [-0.2, -0.15) is 0 Å². The third-order valence-electron chi connectivity index (χ3n) is 2.17. The average molecular weight is 210 g/mol. The first kappa shape index (κ1) is 9.49. The molecule has 3 nitrogen and oxygen atoms in total. The van der Waals surface area contributed by atoms with Gasteiger partial charge in [-0.25, -0.2) is 10.1 Å². The molecule has 4 heteroatoms. The number of rotatable bonds is 1. The molecule has 14 heavy (non-hydrogen) atoms. The van der Waals surface area contributed by atoms with E-state index in [2.05, 4.69) is 9.97 Å². The van der Waals surface area contributed by atoms with Crippen LogP contribution in [0.2, 0.25) is 5.02 Å². The van der Waals surface area contributed by atoms with Gasteiger partial charge in [0.05, 0.1) is 11.0 Å². The van der Waals surface area contributed by atoms with Crippen LogP contribution in [0, 0.1) is 6.92 Å². The third-order valence-corrected chi connectivity index (χ3v) is 2.50. The smallest absolute Gasteiger partial charge is 0.119 e. The molecule has 0 saturated carbocycles. The Morgan fingerprint density at radius 1 is 1.50 bits per heavy atom. The number of aromatic nitrogens is 2. The zero-order chi connectivity index (χ0) is 10.3. The molecule has 2 rings (SSSR count). The number of fused-ring (bicyclic) bond motifs is 1. The van der Waals surface area contributed by atoms with Crippen LogP contribution in [0.25, 0.3) is 11.0 Å². The standard InChI is InChI=1S/C10H10ClN2O/c1-5(14)9-7(11)3-4-8-10(9)13-6(2)12-8/h3-5H,1-2H3,(H,12,13). The molecule has 1 N–H and O–H groups in total. The van der Waals surface area contributed by atoms with Crippen LogP contribution in [-0.4, -0.2) is 9.97 Å². The first-order valence-corrected chi connectivity index (χ1v) is 4.78. The number of halogens is 1. The number of aryl methyl sites for hydroxylation is 1. The fourth-order valence-corrected chi connectivity index (χ4v) is 1.89. The van der Waals surface area contributed by atoms with E-state index >= 15 is 0 Å². The maximum atomic E-state index is 11.4. The molecule has 0 saturated heterocycles. The molecular formula is C10H10ClN2O. The summed E-state index contributed by atoms with van der Waals surface area (Å²) in [5, 5.41) is 11.9. The number of benzene rings is 1. The van der Waals surface area contributed by atoms with Crippen molar-refractivity contribution in [1.82, 2.24) is 9.97 Å². The Morgan fingerprint density at radius 2 is 2.21 bits per heavy atom. The quantitative estimate of drug-likeness (QED) is 0.771. The lowest BCUT2D eigenvalue weighted by atomic mass is 10.1. The Bertz CT molecular complexity index is 476. The van der Waals surface area contributed by atoms with Gasteiger partial charge >= 0.3 is 0 Å². The van der Waals surface area contributed by atoms with Gasteiger partial charge in [0, 0.05) is 10.6 Å². The van der Waals surface area contributed by atoms with Crippen molar-refractivity contribution in [1.29, 1.82) is 0 Å². The van der Waals surface area contributed by atoms with Crippen LogP contribution in [-0.2, 0) is 5.11 Å². The summed E-state index contributed by atoms with van der Waals surface area (Å²) in [4.78, 5) is 7.33. The number of imidazole rings is 1. The largest absolute Gasteiger partial charge is 0.342 e. The minimum Gasteiger partial charge on any atom is -0.342 e. The molecule has 1 radical (unpaired) electrons. The molecule has 1 heterocycles. The normalized spacial score (nSPS) is 13.4. The summed E-state index contributed by atoms with van der Waals surface area (Å²) in [7, 11) is 0. The summed E-state index contributed by atoms with van der Waals surface area (Å²) < 4.78 is 0. The Hall–Kier alpha value is -1.06. The zero-order valence-corrected chi connectivity index (χ0v) is 8.72. The average Bonchev–Trinajstić information content (AvgIpc) is 2.43. The number of nitrogens with zero attached hydrogens (tertiary/aromatic N) is 1. The molecular weight excluding hydrogens is 200 g/mol. The van der Waals surface area contributed by atoms with Crippen molar-refractivity contribution in [2.24, 2.45) is 0 Å². The summed E-state index contributed by atoms with van der Waals surface area (Å²) in [5.41, 5.74) is 2.13. The van der Waals surface area contributed by atoms with Gasteiger partial charge in [-0.3, -0.25) is 0 Å². The predicted molar refractivity (Wildman–Crippen MR) is 54.9 cm³/mol. The molecule has 0 fully saturated rings. The maximum absolute atomic E-state index is 11.4. The van der Waals surface area contributed by atoms with Crippen LogP contribution in [0.1, 0.15) is 24.4 Å². The van der Waals surface area contributed by atoms with Gasteiger partial charge in [0.15, 0.2) is 0 Å². The van der Waals surface area contributed by atoms with Crippen molar-refractivity contribution in [2.45, 2.75) is 20.0 Å². The molecule has 0 amide bonds.